The van der Waals surface area contributed by atoms with Crippen molar-refractivity contribution in [2.75, 3.05) is 19.6 Å². The van der Waals surface area contributed by atoms with Crippen LogP contribution in [-0.2, 0) is 4.79 Å². The fourth-order valence-electron chi connectivity index (χ4n) is 3.02. The summed E-state index contributed by atoms with van der Waals surface area (Å²) in [6, 6.07) is -0.734. The number of nitrogens with zero attached hydrogens (tertiary/aromatic N) is 1. The molecule has 2 unspecified atom stereocenters. The average molecular weight is 269 g/mol. The van der Waals surface area contributed by atoms with Gasteiger partial charge in [-0.2, -0.15) is 0 Å². The van der Waals surface area contributed by atoms with E-state index in [1.807, 2.05) is 6.92 Å². The highest BCUT2D eigenvalue weighted by Gasteiger charge is 2.37. The molecule has 0 spiro atoms. The molecule has 2 atom stereocenters. The van der Waals surface area contributed by atoms with Crippen molar-refractivity contribution in [2.24, 2.45) is 5.92 Å². The van der Waals surface area contributed by atoms with Crippen LogP contribution in [0.15, 0.2) is 0 Å². The van der Waals surface area contributed by atoms with Gasteiger partial charge in [-0.1, -0.05) is 6.92 Å². The van der Waals surface area contributed by atoms with Crippen molar-refractivity contribution in [2.45, 2.75) is 44.7 Å². The molecule has 2 rings (SSSR count). The van der Waals surface area contributed by atoms with Crippen molar-refractivity contribution in [3.63, 3.8) is 0 Å². The summed E-state index contributed by atoms with van der Waals surface area (Å²) in [6.07, 6.45) is 3.57. The van der Waals surface area contributed by atoms with Crippen molar-refractivity contribution >= 4 is 12.0 Å². The van der Waals surface area contributed by atoms with Crippen molar-refractivity contribution in [1.29, 1.82) is 0 Å². The Morgan fingerprint density at radius 3 is 2.58 bits per heavy atom. The lowest BCUT2D eigenvalue weighted by Gasteiger charge is -2.38. The van der Waals surface area contributed by atoms with Gasteiger partial charge in [0, 0.05) is 12.6 Å². The lowest BCUT2D eigenvalue weighted by molar-refractivity contribution is -0.145. The predicted octanol–water partition coefficient (Wildman–Crippen LogP) is 0.633. The maximum absolute atomic E-state index is 12.3. The molecule has 2 aliphatic rings. The van der Waals surface area contributed by atoms with Gasteiger partial charge >= 0.3 is 12.0 Å². The van der Waals surface area contributed by atoms with E-state index in [9.17, 15) is 14.7 Å². The molecule has 0 aromatic heterocycles. The van der Waals surface area contributed by atoms with E-state index < -0.39 is 12.0 Å². The molecule has 0 aromatic carbocycles. The van der Waals surface area contributed by atoms with E-state index in [0.29, 0.717) is 6.54 Å². The molecule has 2 amide bonds. The number of rotatable bonds is 2. The zero-order valence-electron chi connectivity index (χ0n) is 11.4. The van der Waals surface area contributed by atoms with Crippen LogP contribution in [0.4, 0.5) is 4.79 Å². The zero-order valence-corrected chi connectivity index (χ0v) is 11.4. The van der Waals surface area contributed by atoms with Crippen LogP contribution < -0.4 is 10.6 Å². The van der Waals surface area contributed by atoms with Crippen molar-refractivity contribution in [3.8, 4) is 0 Å². The monoisotopic (exact) mass is 269 g/mol. The third-order valence-electron chi connectivity index (χ3n) is 4.11. The zero-order chi connectivity index (χ0) is 13.8. The van der Waals surface area contributed by atoms with Gasteiger partial charge in [0.15, 0.2) is 0 Å². The fraction of sp³-hybridized carbons (Fsp3) is 0.846. The highest BCUT2D eigenvalue weighted by Crippen LogP contribution is 2.23. The maximum Gasteiger partial charge on any atom is 0.326 e. The van der Waals surface area contributed by atoms with Crippen molar-refractivity contribution in [1.82, 2.24) is 15.5 Å². The van der Waals surface area contributed by atoms with Gasteiger partial charge in [0.2, 0.25) is 0 Å². The second kappa shape index (κ2) is 6.23. The number of urea groups is 1. The summed E-state index contributed by atoms with van der Waals surface area (Å²) in [4.78, 5) is 25.1. The number of nitrogens with one attached hydrogen (secondary N) is 2. The summed E-state index contributed by atoms with van der Waals surface area (Å²) >= 11 is 0. The molecule has 2 aliphatic heterocycles. The van der Waals surface area contributed by atoms with E-state index in [1.165, 1.54) is 4.90 Å². The molecule has 2 saturated heterocycles. The Morgan fingerprint density at radius 2 is 1.95 bits per heavy atom. The average Bonchev–Trinajstić information content (AvgIpc) is 2.39. The number of hydrogen-bond donors (Lipinski definition) is 3. The highest BCUT2D eigenvalue weighted by atomic mass is 16.4. The van der Waals surface area contributed by atoms with Crippen LogP contribution in [0.1, 0.15) is 32.6 Å². The van der Waals surface area contributed by atoms with Gasteiger partial charge in [-0.15, -0.1) is 0 Å². The van der Waals surface area contributed by atoms with E-state index >= 15 is 0 Å². The Kier molecular flexibility index (Phi) is 4.63. The summed E-state index contributed by atoms with van der Waals surface area (Å²) in [7, 11) is 0. The first kappa shape index (κ1) is 14.1. The summed E-state index contributed by atoms with van der Waals surface area (Å²) in [6.45, 7) is 4.26. The lowest BCUT2D eigenvalue weighted by Crippen LogP contribution is -2.57. The standard InChI is InChI=1S/C13H23N3O3/c1-9-3-2-8-16(11(9)12(17)18)13(19)15-10-4-6-14-7-5-10/h9-11,14H,2-8H2,1H3,(H,15,19)(H,17,18). The number of carbonyl (C=O) groups excluding carboxylic acids is 1. The Bertz CT molecular complexity index is 342. The molecule has 2 heterocycles. The van der Waals surface area contributed by atoms with Gasteiger partial charge in [-0.3, -0.25) is 0 Å². The normalized spacial score (nSPS) is 29.0. The second-order valence-corrected chi connectivity index (χ2v) is 5.57. The largest absolute Gasteiger partial charge is 0.480 e. The Balaban J connectivity index is 1.97. The Labute approximate surface area is 113 Å². The molecular weight excluding hydrogens is 246 g/mol. The summed E-state index contributed by atoms with van der Waals surface area (Å²) in [5.41, 5.74) is 0. The van der Waals surface area contributed by atoms with Gasteiger partial charge in [0.25, 0.3) is 0 Å². The molecule has 2 fully saturated rings. The summed E-state index contributed by atoms with van der Waals surface area (Å²) in [5.74, 6) is -0.877. The maximum atomic E-state index is 12.3. The highest BCUT2D eigenvalue weighted by molar-refractivity contribution is 5.83. The number of carboxylic acid groups (broad SMARTS) is 1. The van der Waals surface area contributed by atoms with Gasteiger partial charge < -0.3 is 20.6 Å². The molecule has 0 radical (unpaired) electrons. The topological polar surface area (TPSA) is 81.7 Å². The number of carbonyl (C=O) groups is 2. The van der Waals surface area contributed by atoms with Crippen LogP contribution >= 0.6 is 0 Å². The minimum atomic E-state index is -0.896. The van der Waals surface area contributed by atoms with Crippen LogP contribution in [0.5, 0.6) is 0 Å². The van der Waals surface area contributed by atoms with Crippen LogP contribution in [0, 0.1) is 5.92 Å². The lowest BCUT2D eigenvalue weighted by atomic mass is 9.91. The summed E-state index contributed by atoms with van der Waals surface area (Å²) < 4.78 is 0. The molecule has 6 nitrogen and oxygen atoms in total. The third-order valence-corrected chi connectivity index (χ3v) is 4.11. The van der Waals surface area contributed by atoms with Gasteiger partial charge in [0.1, 0.15) is 6.04 Å². The Morgan fingerprint density at radius 1 is 1.26 bits per heavy atom. The molecule has 19 heavy (non-hydrogen) atoms. The minimum absolute atomic E-state index is 0.0185. The van der Waals surface area contributed by atoms with E-state index in [2.05, 4.69) is 10.6 Å². The van der Waals surface area contributed by atoms with Crippen LogP contribution in [0.2, 0.25) is 0 Å². The number of aliphatic carboxylic acids is 1. The molecular formula is C13H23N3O3. The predicted molar refractivity (Wildman–Crippen MR) is 71.0 cm³/mol. The number of hydrogen-bond acceptors (Lipinski definition) is 3. The van der Waals surface area contributed by atoms with Gasteiger partial charge in [-0.05, 0) is 44.7 Å². The van der Waals surface area contributed by atoms with Gasteiger partial charge in [-0.25, -0.2) is 9.59 Å². The molecule has 0 bridgehead atoms. The molecule has 108 valence electrons. The van der Waals surface area contributed by atoms with E-state index in [1.54, 1.807) is 0 Å². The van der Waals surface area contributed by atoms with E-state index in [-0.39, 0.29) is 18.0 Å². The summed E-state index contributed by atoms with van der Waals surface area (Å²) in [5, 5.41) is 15.5. The first-order valence-corrected chi connectivity index (χ1v) is 7.10. The van der Waals surface area contributed by atoms with E-state index in [4.69, 9.17) is 0 Å². The molecule has 0 aliphatic carbocycles. The smallest absolute Gasteiger partial charge is 0.326 e. The molecule has 0 aromatic rings. The molecule has 3 N–H and O–H groups in total. The number of piperidine rings is 2. The van der Waals surface area contributed by atoms with E-state index in [0.717, 1.165) is 38.8 Å². The number of amides is 2. The quantitative estimate of drug-likeness (QED) is 0.687. The Hall–Kier alpha value is -1.30. The third kappa shape index (κ3) is 3.37. The van der Waals surface area contributed by atoms with Crippen LogP contribution in [0.3, 0.4) is 0 Å². The second-order valence-electron chi connectivity index (χ2n) is 5.57. The minimum Gasteiger partial charge on any atom is -0.480 e. The fourth-order valence-corrected chi connectivity index (χ4v) is 3.02. The number of carboxylic acids is 1. The SMILES string of the molecule is CC1CCCN(C(=O)NC2CCNCC2)C1C(=O)O. The number of likely N-dealkylation sites (tertiary alicyclic amines) is 1. The first-order valence-electron chi connectivity index (χ1n) is 7.10. The first-order chi connectivity index (χ1) is 9.09. The van der Waals surface area contributed by atoms with Crippen LogP contribution in [-0.4, -0.2) is 53.7 Å². The molecule has 0 saturated carbocycles. The van der Waals surface area contributed by atoms with Crippen molar-refractivity contribution in [3.05, 3.63) is 0 Å². The van der Waals surface area contributed by atoms with Crippen molar-refractivity contribution < 1.29 is 14.7 Å². The van der Waals surface area contributed by atoms with Gasteiger partial charge in [0.05, 0.1) is 0 Å². The van der Waals surface area contributed by atoms with Crippen LogP contribution in [0.25, 0.3) is 0 Å². The molecule has 6 heteroatoms.